The second kappa shape index (κ2) is 14.1. The van der Waals surface area contributed by atoms with Gasteiger partial charge in [-0.2, -0.15) is 0 Å². The van der Waals surface area contributed by atoms with Gasteiger partial charge < -0.3 is 4.74 Å². The maximum atomic E-state index is 5.75. The molecule has 0 saturated carbocycles. The molecule has 1 heteroatoms. The quantitative estimate of drug-likeness (QED) is 0.181. The van der Waals surface area contributed by atoms with Gasteiger partial charge in [0.25, 0.3) is 0 Å². The van der Waals surface area contributed by atoms with Crippen LogP contribution in [0.15, 0.2) is 24.3 Å². The smallest absolute Gasteiger partial charge is 0.0876 e. The van der Waals surface area contributed by atoms with Crippen molar-refractivity contribution in [2.75, 3.05) is 0 Å². The summed E-state index contributed by atoms with van der Waals surface area (Å²) in [5, 5.41) is 0. The van der Waals surface area contributed by atoms with E-state index in [1.54, 1.807) is 0 Å². The molecule has 0 amide bonds. The zero-order chi connectivity index (χ0) is 15.9. The van der Waals surface area contributed by atoms with Crippen molar-refractivity contribution >= 4 is 0 Å². The monoisotopic (exact) mass is 306 g/mol. The van der Waals surface area contributed by atoms with Crippen LogP contribution in [-0.4, -0.2) is 12.2 Å². The fraction of sp³-hybridized carbons (Fsp3) is 0.810. The highest BCUT2D eigenvalue weighted by Crippen LogP contribution is 2.30. The van der Waals surface area contributed by atoms with Gasteiger partial charge in [-0.05, 0) is 25.7 Å². The third-order valence-corrected chi connectivity index (χ3v) is 4.49. The summed E-state index contributed by atoms with van der Waals surface area (Å²) in [6, 6.07) is 0. The molecule has 0 spiro atoms. The SMILES string of the molecule is CC/C=C\C/C=C\C[C@@H]1O[C@H]1CCCCCCCCCCC. The van der Waals surface area contributed by atoms with E-state index >= 15 is 0 Å². The largest absolute Gasteiger partial charge is 0.369 e. The number of hydrogen-bond acceptors (Lipinski definition) is 1. The number of rotatable bonds is 15. The molecule has 0 radical (unpaired) electrons. The maximum Gasteiger partial charge on any atom is 0.0876 e. The van der Waals surface area contributed by atoms with Crippen molar-refractivity contribution in [3.05, 3.63) is 24.3 Å². The molecule has 2 atom stereocenters. The van der Waals surface area contributed by atoms with Gasteiger partial charge in [-0.15, -0.1) is 0 Å². The van der Waals surface area contributed by atoms with Crippen molar-refractivity contribution in [1.29, 1.82) is 0 Å². The van der Waals surface area contributed by atoms with Crippen LogP contribution in [0.5, 0.6) is 0 Å². The average molecular weight is 307 g/mol. The molecule has 0 unspecified atom stereocenters. The summed E-state index contributed by atoms with van der Waals surface area (Å²) in [5.74, 6) is 0. The molecule has 128 valence electrons. The molecule has 0 aromatic carbocycles. The first-order valence-corrected chi connectivity index (χ1v) is 9.84. The fourth-order valence-corrected chi connectivity index (χ4v) is 2.96. The molecular weight excluding hydrogens is 268 g/mol. The molecular formula is C21H38O. The fourth-order valence-electron chi connectivity index (χ4n) is 2.96. The van der Waals surface area contributed by atoms with Gasteiger partial charge in [-0.3, -0.25) is 0 Å². The van der Waals surface area contributed by atoms with Crippen molar-refractivity contribution in [3.8, 4) is 0 Å². The van der Waals surface area contributed by atoms with Gasteiger partial charge in [0.2, 0.25) is 0 Å². The van der Waals surface area contributed by atoms with Crippen molar-refractivity contribution in [2.45, 2.75) is 110 Å². The zero-order valence-electron chi connectivity index (χ0n) is 15.1. The number of ether oxygens (including phenoxy) is 1. The molecule has 0 aliphatic carbocycles. The first-order chi connectivity index (χ1) is 10.9. The third kappa shape index (κ3) is 11.1. The van der Waals surface area contributed by atoms with Crippen LogP contribution in [0.1, 0.15) is 97.3 Å². The number of allylic oxidation sites excluding steroid dienone is 3. The summed E-state index contributed by atoms with van der Waals surface area (Å²) in [5.41, 5.74) is 0. The molecule has 1 aliphatic rings. The molecule has 0 aromatic rings. The maximum absolute atomic E-state index is 5.75. The standard InChI is InChI=1S/C21H38O/c1-3-5-7-9-11-12-13-15-17-19-21-20(22-21)18-16-14-10-8-6-4-2/h6,8,14,16,20-21H,3-5,7,9-13,15,17-19H2,1-2H3/b8-6-,16-14-/t20-,21-/m0/s1. The lowest BCUT2D eigenvalue weighted by atomic mass is 10.0. The Labute approximate surface area is 139 Å². The third-order valence-electron chi connectivity index (χ3n) is 4.49. The van der Waals surface area contributed by atoms with Crippen LogP contribution < -0.4 is 0 Å². The summed E-state index contributed by atoms with van der Waals surface area (Å²) < 4.78 is 5.75. The average Bonchev–Trinajstić information content (AvgIpc) is 3.27. The van der Waals surface area contributed by atoms with E-state index in [1.807, 2.05) is 0 Å². The van der Waals surface area contributed by atoms with E-state index < -0.39 is 0 Å². The van der Waals surface area contributed by atoms with Gasteiger partial charge in [0, 0.05) is 0 Å². The molecule has 0 bridgehead atoms. The Kier molecular flexibility index (Phi) is 12.5. The number of hydrogen-bond donors (Lipinski definition) is 0. The van der Waals surface area contributed by atoms with Crippen molar-refractivity contribution in [3.63, 3.8) is 0 Å². The van der Waals surface area contributed by atoms with Gasteiger partial charge in [-0.25, -0.2) is 0 Å². The second-order valence-corrected chi connectivity index (χ2v) is 6.65. The lowest BCUT2D eigenvalue weighted by Gasteiger charge is -2.01. The topological polar surface area (TPSA) is 12.5 Å². The lowest BCUT2D eigenvalue weighted by Crippen LogP contribution is -1.93. The summed E-state index contributed by atoms with van der Waals surface area (Å²) in [6.07, 6.45) is 27.5. The molecule has 1 heterocycles. The molecule has 0 N–H and O–H groups in total. The molecule has 1 fully saturated rings. The van der Waals surface area contributed by atoms with Gasteiger partial charge >= 0.3 is 0 Å². The van der Waals surface area contributed by atoms with Crippen LogP contribution in [0.2, 0.25) is 0 Å². The van der Waals surface area contributed by atoms with E-state index in [2.05, 4.69) is 38.2 Å². The zero-order valence-corrected chi connectivity index (χ0v) is 15.1. The summed E-state index contributed by atoms with van der Waals surface area (Å²) >= 11 is 0. The minimum Gasteiger partial charge on any atom is -0.369 e. The van der Waals surface area contributed by atoms with Gasteiger partial charge in [0.1, 0.15) is 0 Å². The summed E-state index contributed by atoms with van der Waals surface area (Å²) in [4.78, 5) is 0. The Bertz CT molecular complexity index is 292. The first kappa shape index (κ1) is 19.5. The van der Waals surface area contributed by atoms with Crippen LogP contribution in [0.25, 0.3) is 0 Å². The Morgan fingerprint density at radius 1 is 0.682 bits per heavy atom. The Morgan fingerprint density at radius 3 is 2.00 bits per heavy atom. The molecule has 0 aromatic heterocycles. The molecule has 22 heavy (non-hydrogen) atoms. The Hall–Kier alpha value is -0.560. The van der Waals surface area contributed by atoms with Crippen molar-refractivity contribution in [1.82, 2.24) is 0 Å². The van der Waals surface area contributed by atoms with Crippen LogP contribution in [0.3, 0.4) is 0 Å². The minimum absolute atomic E-state index is 0.528. The molecule has 1 aliphatic heterocycles. The predicted octanol–water partition coefficient (Wildman–Crippen LogP) is 6.98. The van der Waals surface area contributed by atoms with Crippen LogP contribution in [-0.2, 0) is 4.74 Å². The van der Waals surface area contributed by atoms with E-state index in [0.29, 0.717) is 12.2 Å². The minimum atomic E-state index is 0.528. The van der Waals surface area contributed by atoms with Gasteiger partial charge in [0.05, 0.1) is 12.2 Å². The summed E-state index contributed by atoms with van der Waals surface area (Å²) in [6.45, 7) is 4.46. The van der Waals surface area contributed by atoms with E-state index in [1.165, 1.54) is 64.2 Å². The first-order valence-electron chi connectivity index (χ1n) is 9.84. The van der Waals surface area contributed by atoms with E-state index in [9.17, 15) is 0 Å². The molecule has 1 nitrogen and oxygen atoms in total. The Morgan fingerprint density at radius 2 is 1.32 bits per heavy atom. The highest BCUT2D eigenvalue weighted by Gasteiger charge is 2.36. The van der Waals surface area contributed by atoms with Crippen LogP contribution in [0.4, 0.5) is 0 Å². The Balaban J connectivity index is 1.81. The van der Waals surface area contributed by atoms with E-state index in [4.69, 9.17) is 4.74 Å². The van der Waals surface area contributed by atoms with Crippen LogP contribution >= 0.6 is 0 Å². The summed E-state index contributed by atoms with van der Waals surface area (Å²) in [7, 11) is 0. The lowest BCUT2D eigenvalue weighted by molar-refractivity contribution is 0.358. The predicted molar refractivity (Wildman–Crippen MR) is 98.3 cm³/mol. The van der Waals surface area contributed by atoms with Gasteiger partial charge in [0.15, 0.2) is 0 Å². The molecule has 1 rings (SSSR count). The highest BCUT2D eigenvalue weighted by molar-refractivity contribution is 4.97. The highest BCUT2D eigenvalue weighted by atomic mass is 16.6. The number of epoxide rings is 1. The van der Waals surface area contributed by atoms with Crippen molar-refractivity contribution < 1.29 is 4.74 Å². The second-order valence-electron chi connectivity index (χ2n) is 6.65. The van der Waals surface area contributed by atoms with E-state index in [-0.39, 0.29) is 0 Å². The molecule has 1 saturated heterocycles. The van der Waals surface area contributed by atoms with Crippen molar-refractivity contribution in [2.24, 2.45) is 0 Å². The normalized spacial score (nSPS) is 21.2. The van der Waals surface area contributed by atoms with Crippen LogP contribution in [0, 0.1) is 0 Å². The van der Waals surface area contributed by atoms with E-state index in [0.717, 1.165) is 19.3 Å². The number of unbranched alkanes of at least 4 members (excludes halogenated alkanes) is 8. The van der Waals surface area contributed by atoms with Gasteiger partial charge in [-0.1, -0.05) is 95.9 Å².